The van der Waals surface area contributed by atoms with Gasteiger partial charge in [-0.25, -0.2) is 4.39 Å². The average molecular weight is 188 g/mol. The summed E-state index contributed by atoms with van der Waals surface area (Å²) < 4.78 is 68.6. The summed E-state index contributed by atoms with van der Waals surface area (Å²) in [6.07, 6.45) is 0. The van der Waals surface area contributed by atoms with Gasteiger partial charge in [-0.2, -0.15) is 0 Å². The zero-order valence-corrected chi connectivity index (χ0v) is 5.99. The summed E-state index contributed by atoms with van der Waals surface area (Å²) in [7, 11) is -9.91. The van der Waals surface area contributed by atoms with Crippen LogP contribution in [0.25, 0.3) is 0 Å². The number of hydrogen-bond acceptors (Lipinski definition) is 0. The Balaban J connectivity index is 5.14. The van der Waals surface area contributed by atoms with E-state index in [1.807, 2.05) is 0 Å². The molecule has 0 aromatic rings. The predicted molar refractivity (Wildman–Crippen MR) is 28.3 cm³/mol. The van der Waals surface area contributed by atoms with Gasteiger partial charge < -0.3 is 0 Å². The van der Waals surface area contributed by atoms with Gasteiger partial charge in [-0.15, -0.1) is 0 Å². The summed E-state index contributed by atoms with van der Waals surface area (Å²) >= 11 is 0. The lowest BCUT2D eigenvalue weighted by molar-refractivity contribution is 0.208. The first-order chi connectivity index (χ1) is 3.75. The van der Waals surface area contributed by atoms with E-state index in [2.05, 4.69) is 0 Å². The molecule has 0 unspecified atom stereocenters. The molecule has 0 aromatic carbocycles. The van der Waals surface area contributed by atoms with Gasteiger partial charge in [0.15, 0.2) is 0 Å². The quantitative estimate of drug-likeness (QED) is 0.546. The monoisotopic (exact) mass is 188 g/mol. The van der Waals surface area contributed by atoms with Crippen molar-refractivity contribution in [1.29, 1.82) is 0 Å². The van der Waals surface area contributed by atoms with E-state index >= 15 is 0 Å². The first-order valence-electron chi connectivity index (χ1n) is 2.16. The Morgan fingerprint density at radius 2 is 1.00 bits per heavy atom. The highest BCUT2D eigenvalue weighted by molar-refractivity contribution is 8.46. The molecule has 0 rings (SSSR count). The minimum atomic E-state index is -9.91. The highest BCUT2D eigenvalue weighted by atomic mass is 32.5. The van der Waals surface area contributed by atoms with Crippen LogP contribution in [0, 0.1) is 0 Å². The van der Waals surface area contributed by atoms with Crippen molar-refractivity contribution < 1.29 is 23.8 Å². The minimum Gasteiger partial charge on any atom is -0.223 e. The van der Waals surface area contributed by atoms with Crippen LogP contribution in [0.15, 0.2) is 0 Å². The molecule has 10 heavy (non-hydrogen) atoms. The van der Waals surface area contributed by atoms with Crippen molar-refractivity contribution in [2.45, 2.75) is 18.8 Å². The number of rotatable bonds is 1. The van der Waals surface area contributed by atoms with Gasteiger partial charge in [-0.1, -0.05) is 19.4 Å². The molecular weight excluding hydrogens is 182 g/mol. The molecule has 7 heteroatoms. The van der Waals surface area contributed by atoms with Crippen LogP contribution in [0.1, 0.15) is 13.8 Å². The van der Waals surface area contributed by atoms with Gasteiger partial charge in [0.05, 0.1) is 0 Å². The standard InChI is InChI=1S/C3H6F6S/c1-3(2,4)10(5,6,7,8)9/h1-2H3. The minimum absolute atomic E-state index is 0.200. The van der Waals surface area contributed by atoms with Gasteiger partial charge in [-0.05, 0) is 13.8 Å². The Kier molecular flexibility index (Phi) is 1.27. The molecule has 66 valence electrons. The molecule has 0 fully saturated rings. The molecule has 0 saturated carbocycles. The summed E-state index contributed by atoms with van der Waals surface area (Å²) in [5, 5.41) is -4.40. The van der Waals surface area contributed by atoms with Crippen LogP contribution in [-0.4, -0.2) is 5.00 Å². The fourth-order valence-corrected chi connectivity index (χ4v) is 0. The molecular formula is C3H6F6S. The van der Waals surface area contributed by atoms with E-state index in [9.17, 15) is 23.8 Å². The van der Waals surface area contributed by atoms with Gasteiger partial charge in [0, 0.05) is 0 Å². The Morgan fingerprint density at radius 3 is 1.00 bits per heavy atom. The molecule has 0 heterocycles. The molecule has 0 saturated heterocycles. The molecule has 0 radical (unpaired) electrons. The summed E-state index contributed by atoms with van der Waals surface area (Å²) in [6, 6.07) is 0. The molecule has 0 aliphatic heterocycles. The van der Waals surface area contributed by atoms with E-state index in [-0.39, 0.29) is 13.8 Å². The lowest BCUT2D eigenvalue weighted by Gasteiger charge is -2.47. The zero-order valence-electron chi connectivity index (χ0n) is 5.18. The maximum atomic E-state index is 11.8. The first kappa shape index (κ1) is 9.93. The van der Waals surface area contributed by atoms with Gasteiger partial charge >= 0.3 is 10.2 Å². The van der Waals surface area contributed by atoms with E-state index in [4.69, 9.17) is 0 Å². The largest absolute Gasteiger partial charge is 0.315 e. The molecule has 0 aromatic heterocycles. The molecule has 0 bridgehead atoms. The van der Waals surface area contributed by atoms with Crippen LogP contribution in [0.4, 0.5) is 23.8 Å². The third kappa shape index (κ3) is 1.71. The smallest absolute Gasteiger partial charge is 0.223 e. The Hall–Kier alpha value is -0.0700. The molecule has 0 atom stereocenters. The van der Waals surface area contributed by atoms with Crippen LogP contribution in [0.2, 0.25) is 0 Å². The summed E-state index contributed by atoms with van der Waals surface area (Å²) in [4.78, 5) is 0. The van der Waals surface area contributed by atoms with Crippen LogP contribution in [0.3, 0.4) is 0 Å². The van der Waals surface area contributed by atoms with Crippen molar-refractivity contribution in [3.8, 4) is 0 Å². The molecule has 0 aliphatic rings. The second-order valence-electron chi connectivity index (χ2n) is 2.33. The number of alkyl halides is 1. The predicted octanol–water partition coefficient (Wildman–Crippen LogP) is 3.99. The van der Waals surface area contributed by atoms with Gasteiger partial charge in [-0.3, -0.25) is 0 Å². The third-order valence-electron chi connectivity index (χ3n) is 0.917. The fraction of sp³-hybridized carbons (Fsp3) is 1.00. The van der Waals surface area contributed by atoms with Crippen molar-refractivity contribution in [3.05, 3.63) is 0 Å². The maximum Gasteiger partial charge on any atom is 0.315 e. The summed E-state index contributed by atoms with van der Waals surface area (Å²) in [6.45, 7) is -0.400. The molecule has 0 amide bonds. The number of halogens is 6. The fourth-order valence-electron chi connectivity index (χ4n) is 0. The molecule has 0 spiro atoms. The van der Waals surface area contributed by atoms with Crippen molar-refractivity contribution in [3.63, 3.8) is 0 Å². The van der Waals surface area contributed by atoms with Crippen molar-refractivity contribution in [1.82, 2.24) is 0 Å². The molecule has 0 nitrogen and oxygen atoms in total. The molecule has 0 N–H and O–H groups in total. The first-order valence-corrected chi connectivity index (χ1v) is 4.12. The normalized spacial score (nSPS) is 21.6. The van der Waals surface area contributed by atoms with Gasteiger partial charge in [0.25, 0.3) is 0 Å². The van der Waals surface area contributed by atoms with Crippen LogP contribution in [0.5, 0.6) is 0 Å². The van der Waals surface area contributed by atoms with Gasteiger partial charge in [0.1, 0.15) is 0 Å². The lowest BCUT2D eigenvalue weighted by Crippen LogP contribution is -2.30. The maximum absolute atomic E-state index is 11.8. The second-order valence-corrected chi connectivity index (χ2v) is 5.24. The van der Waals surface area contributed by atoms with Crippen molar-refractivity contribution >= 4 is 10.2 Å². The Labute approximate surface area is 53.9 Å². The summed E-state index contributed by atoms with van der Waals surface area (Å²) in [5.41, 5.74) is 0. The second kappa shape index (κ2) is 1.28. The Bertz CT molecular complexity index is 143. The van der Waals surface area contributed by atoms with Crippen LogP contribution >= 0.6 is 10.2 Å². The highest BCUT2D eigenvalue weighted by Gasteiger charge is 2.76. The third-order valence-corrected chi connectivity index (χ3v) is 2.75. The van der Waals surface area contributed by atoms with Gasteiger partial charge in [0.2, 0.25) is 5.00 Å². The van der Waals surface area contributed by atoms with Crippen molar-refractivity contribution in [2.24, 2.45) is 0 Å². The van der Waals surface area contributed by atoms with Crippen molar-refractivity contribution in [2.75, 3.05) is 0 Å². The van der Waals surface area contributed by atoms with Crippen LogP contribution < -0.4 is 0 Å². The van der Waals surface area contributed by atoms with E-state index in [1.54, 1.807) is 0 Å². The molecule has 0 aliphatic carbocycles. The van der Waals surface area contributed by atoms with E-state index in [0.717, 1.165) is 0 Å². The summed E-state index contributed by atoms with van der Waals surface area (Å²) in [5.74, 6) is 0. The van der Waals surface area contributed by atoms with E-state index < -0.39 is 15.2 Å². The van der Waals surface area contributed by atoms with Crippen LogP contribution in [-0.2, 0) is 0 Å². The number of hydrogen-bond donors (Lipinski definition) is 0. The topological polar surface area (TPSA) is 0 Å². The average Bonchev–Trinajstić information content (AvgIpc) is 1.16. The van der Waals surface area contributed by atoms with E-state index in [1.165, 1.54) is 0 Å². The lowest BCUT2D eigenvalue weighted by atomic mass is 10.5. The Morgan fingerprint density at radius 1 is 0.900 bits per heavy atom. The zero-order chi connectivity index (χ0) is 8.91. The highest BCUT2D eigenvalue weighted by Crippen LogP contribution is 3.03. The SMILES string of the molecule is CC(C)(F)S(F)(F)(F)(F)F. The van der Waals surface area contributed by atoms with E-state index in [0.29, 0.717) is 0 Å².